The predicted octanol–water partition coefficient (Wildman–Crippen LogP) is 2.31. The Bertz CT molecular complexity index is 1160. The number of carbonyl (C=O) groups is 2. The van der Waals surface area contributed by atoms with Crippen LogP contribution in [0, 0.1) is 25.7 Å². The zero-order valence-corrected chi connectivity index (χ0v) is 18.8. The van der Waals surface area contributed by atoms with E-state index >= 15 is 0 Å². The number of carbonyl (C=O) groups excluding carboxylic acids is 1. The second-order valence-corrected chi connectivity index (χ2v) is 9.91. The number of rotatable bonds is 4. The van der Waals surface area contributed by atoms with Crippen molar-refractivity contribution in [1.29, 1.82) is 0 Å². The number of amides is 1. The van der Waals surface area contributed by atoms with Crippen LogP contribution in [0.3, 0.4) is 0 Å². The zero-order valence-electron chi connectivity index (χ0n) is 18.8. The first-order valence-electron chi connectivity index (χ1n) is 11.6. The summed E-state index contributed by atoms with van der Waals surface area (Å²) in [4.78, 5) is 27.9. The number of aryl methyl sites for hydroxylation is 2. The zero-order chi connectivity index (χ0) is 23.0. The number of ether oxygens (including phenoxy) is 1. The number of para-hydroxylation sites is 1. The molecule has 2 bridgehead atoms. The molecule has 1 spiro atoms. The molecule has 1 amide bonds. The number of benzene rings is 1. The van der Waals surface area contributed by atoms with Crippen LogP contribution in [0.1, 0.15) is 49.1 Å². The lowest BCUT2D eigenvalue weighted by atomic mass is 9.77. The SMILES string of the molecule is Cc1cccc(C)c1-n1nnnc1C1(N2C[C@@]34C=C[C@@H](O3)[C@@H](C(=O)O)[C@@H]4C2=O)CCCCC1. The molecule has 1 aliphatic carbocycles. The van der Waals surface area contributed by atoms with Crippen molar-refractivity contribution >= 4 is 11.9 Å². The summed E-state index contributed by atoms with van der Waals surface area (Å²) < 4.78 is 7.94. The molecule has 172 valence electrons. The molecule has 1 N–H and O–H groups in total. The van der Waals surface area contributed by atoms with Gasteiger partial charge < -0.3 is 14.7 Å². The normalized spacial score (nSPS) is 31.9. The average molecular weight is 450 g/mol. The first-order valence-corrected chi connectivity index (χ1v) is 11.6. The summed E-state index contributed by atoms with van der Waals surface area (Å²) in [6, 6.07) is 6.06. The molecule has 0 radical (unpaired) electrons. The fourth-order valence-electron chi connectivity index (χ4n) is 6.66. The molecule has 4 heterocycles. The number of aromatic nitrogens is 4. The Morgan fingerprint density at radius 3 is 2.61 bits per heavy atom. The lowest BCUT2D eigenvalue weighted by Crippen LogP contribution is -2.52. The Kier molecular flexibility index (Phi) is 4.33. The molecule has 2 aromatic rings. The van der Waals surface area contributed by atoms with Crippen LogP contribution >= 0.6 is 0 Å². The number of nitrogens with zero attached hydrogens (tertiary/aromatic N) is 5. The number of fused-ring (bicyclic) bond motifs is 1. The van der Waals surface area contributed by atoms with Gasteiger partial charge in [0.25, 0.3) is 0 Å². The Morgan fingerprint density at radius 2 is 1.91 bits per heavy atom. The van der Waals surface area contributed by atoms with Gasteiger partial charge in [0.05, 0.1) is 24.3 Å². The van der Waals surface area contributed by atoms with Crippen LogP contribution in [0.15, 0.2) is 30.4 Å². The van der Waals surface area contributed by atoms with Gasteiger partial charge in [-0.2, -0.15) is 4.68 Å². The summed E-state index contributed by atoms with van der Waals surface area (Å²) in [6.07, 6.45) is 7.62. The van der Waals surface area contributed by atoms with E-state index in [9.17, 15) is 14.7 Å². The largest absolute Gasteiger partial charge is 0.481 e. The fraction of sp³-hybridized carbons (Fsp3) is 0.542. The Morgan fingerprint density at radius 1 is 1.18 bits per heavy atom. The number of tetrazole rings is 1. The van der Waals surface area contributed by atoms with Crippen molar-refractivity contribution in [2.24, 2.45) is 11.8 Å². The molecule has 0 unspecified atom stereocenters. The summed E-state index contributed by atoms with van der Waals surface area (Å²) in [5.41, 5.74) is 1.44. The number of carboxylic acid groups (broad SMARTS) is 1. The first-order chi connectivity index (χ1) is 15.9. The van der Waals surface area contributed by atoms with Crippen molar-refractivity contribution in [3.63, 3.8) is 0 Å². The highest BCUT2D eigenvalue weighted by molar-refractivity contribution is 5.91. The monoisotopic (exact) mass is 449 g/mol. The Balaban J connectivity index is 1.49. The van der Waals surface area contributed by atoms with E-state index in [0.29, 0.717) is 12.4 Å². The quantitative estimate of drug-likeness (QED) is 0.713. The van der Waals surface area contributed by atoms with Crippen molar-refractivity contribution < 1.29 is 19.4 Å². The van der Waals surface area contributed by atoms with Crippen LogP contribution in [0.5, 0.6) is 0 Å². The van der Waals surface area contributed by atoms with Gasteiger partial charge in [-0.05, 0) is 48.2 Å². The number of aliphatic carboxylic acids is 1. The third kappa shape index (κ3) is 2.65. The molecular weight excluding hydrogens is 422 g/mol. The standard InChI is InChI=1S/C24H27N5O4/c1-14-7-6-8-15(2)19(14)29-22(25-26-27-29)23(10-4-3-5-11-23)28-13-24-12-9-16(33-24)17(21(31)32)18(24)20(28)30/h6-9,12,16-18H,3-5,10-11,13H2,1-2H3,(H,31,32)/t16-,17-,18-,24-/m1/s1. The van der Waals surface area contributed by atoms with Gasteiger partial charge in [0.1, 0.15) is 17.1 Å². The Labute approximate surface area is 191 Å². The number of carboxylic acids is 1. The highest BCUT2D eigenvalue weighted by Crippen LogP contribution is 2.56. The molecule has 2 saturated heterocycles. The van der Waals surface area contributed by atoms with Gasteiger partial charge in [-0.1, -0.05) is 49.6 Å². The molecule has 33 heavy (non-hydrogen) atoms. The maximum atomic E-state index is 13.9. The second-order valence-electron chi connectivity index (χ2n) is 9.91. The minimum absolute atomic E-state index is 0.160. The van der Waals surface area contributed by atoms with Crippen LogP contribution in [0.4, 0.5) is 0 Å². The van der Waals surface area contributed by atoms with Gasteiger partial charge >= 0.3 is 5.97 Å². The molecule has 1 aromatic carbocycles. The lowest BCUT2D eigenvalue weighted by molar-refractivity contribution is -0.150. The van der Waals surface area contributed by atoms with Gasteiger partial charge in [-0.25, -0.2) is 0 Å². The van der Waals surface area contributed by atoms with E-state index < -0.39 is 35.0 Å². The number of hydrogen-bond donors (Lipinski definition) is 1. The molecule has 6 rings (SSSR count). The van der Waals surface area contributed by atoms with Crippen molar-refractivity contribution in [2.75, 3.05) is 6.54 Å². The molecule has 3 aliphatic heterocycles. The van der Waals surface area contributed by atoms with E-state index in [1.807, 2.05) is 43.0 Å². The molecule has 1 saturated carbocycles. The van der Waals surface area contributed by atoms with E-state index in [-0.39, 0.29) is 5.91 Å². The van der Waals surface area contributed by atoms with Crippen molar-refractivity contribution in [3.05, 3.63) is 47.3 Å². The summed E-state index contributed by atoms with van der Waals surface area (Å²) in [5.74, 6) is -2.07. The smallest absolute Gasteiger partial charge is 0.310 e. The van der Waals surface area contributed by atoms with Crippen molar-refractivity contribution in [1.82, 2.24) is 25.1 Å². The van der Waals surface area contributed by atoms with Gasteiger partial charge in [0, 0.05) is 0 Å². The molecule has 4 aliphatic rings. The maximum absolute atomic E-state index is 13.9. The van der Waals surface area contributed by atoms with Crippen molar-refractivity contribution in [3.8, 4) is 5.69 Å². The predicted molar refractivity (Wildman–Crippen MR) is 116 cm³/mol. The van der Waals surface area contributed by atoms with Gasteiger partial charge in [0.2, 0.25) is 5.91 Å². The van der Waals surface area contributed by atoms with Crippen LogP contribution in [0.25, 0.3) is 5.69 Å². The lowest BCUT2D eigenvalue weighted by Gasteiger charge is -2.44. The van der Waals surface area contributed by atoms with E-state index in [0.717, 1.165) is 48.9 Å². The number of hydrogen-bond acceptors (Lipinski definition) is 6. The van der Waals surface area contributed by atoms with Crippen LogP contribution < -0.4 is 0 Å². The van der Waals surface area contributed by atoms with Gasteiger partial charge in [-0.15, -0.1) is 5.10 Å². The average Bonchev–Trinajstić information content (AvgIpc) is 3.55. The highest BCUT2D eigenvalue weighted by atomic mass is 16.5. The summed E-state index contributed by atoms with van der Waals surface area (Å²) in [7, 11) is 0. The third-order valence-electron chi connectivity index (χ3n) is 8.12. The summed E-state index contributed by atoms with van der Waals surface area (Å²) in [6.45, 7) is 4.38. The summed E-state index contributed by atoms with van der Waals surface area (Å²) in [5, 5.41) is 22.8. The van der Waals surface area contributed by atoms with E-state index in [1.165, 1.54) is 0 Å². The third-order valence-corrected chi connectivity index (χ3v) is 8.12. The minimum Gasteiger partial charge on any atom is -0.481 e. The van der Waals surface area contributed by atoms with Crippen molar-refractivity contribution in [2.45, 2.75) is 63.2 Å². The van der Waals surface area contributed by atoms with Crippen LogP contribution in [-0.2, 0) is 19.9 Å². The van der Waals surface area contributed by atoms with E-state index in [1.54, 1.807) is 10.8 Å². The molecule has 9 nitrogen and oxygen atoms in total. The van der Waals surface area contributed by atoms with E-state index in [2.05, 4.69) is 15.5 Å². The van der Waals surface area contributed by atoms with E-state index in [4.69, 9.17) is 4.74 Å². The molecular formula is C24H27N5O4. The topological polar surface area (TPSA) is 110 Å². The Hall–Kier alpha value is -3.07. The van der Waals surface area contributed by atoms with Crippen LogP contribution in [-0.4, -0.2) is 60.3 Å². The number of likely N-dealkylation sites (tertiary alicyclic amines) is 1. The minimum atomic E-state index is -0.982. The maximum Gasteiger partial charge on any atom is 0.310 e. The summed E-state index contributed by atoms with van der Waals surface area (Å²) >= 11 is 0. The molecule has 4 atom stereocenters. The molecule has 3 fully saturated rings. The van der Waals surface area contributed by atoms with Gasteiger partial charge in [-0.3, -0.25) is 9.59 Å². The second kappa shape index (κ2) is 6.96. The van der Waals surface area contributed by atoms with Gasteiger partial charge in [0.15, 0.2) is 5.82 Å². The van der Waals surface area contributed by atoms with Crippen LogP contribution in [0.2, 0.25) is 0 Å². The fourth-order valence-corrected chi connectivity index (χ4v) is 6.66. The molecule has 1 aromatic heterocycles. The highest BCUT2D eigenvalue weighted by Gasteiger charge is 2.69. The molecule has 9 heteroatoms. The first kappa shape index (κ1) is 20.5.